The van der Waals surface area contributed by atoms with Gasteiger partial charge in [0.15, 0.2) is 5.82 Å². The lowest BCUT2D eigenvalue weighted by molar-refractivity contribution is 0.191. The molecule has 0 saturated carbocycles. The number of anilines is 1. The number of hydrogen-bond acceptors (Lipinski definition) is 5. The molecule has 1 fully saturated rings. The topological polar surface area (TPSA) is 50.1 Å². The summed E-state index contributed by atoms with van der Waals surface area (Å²) >= 11 is 6.13. The minimum atomic E-state index is -0.251. The number of halogens is 2. The van der Waals surface area contributed by atoms with Crippen molar-refractivity contribution in [2.75, 3.05) is 31.1 Å². The van der Waals surface area contributed by atoms with E-state index < -0.39 is 0 Å². The zero-order valence-corrected chi connectivity index (χ0v) is 18.2. The summed E-state index contributed by atoms with van der Waals surface area (Å²) in [5, 5.41) is 13.3. The number of piperazine rings is 1. The van der Waals surface area contributed by atoms with Gasteiger partial charge in [-0.2, -0.15) is 0 Å². The van der Waals surface area contributed by atoms with Gasteiger partial charge in [-0.05, 0) is 61.0 Å². The van der Waals surface area contributed by atoms with Crippen LogP contribution in [0.4, 0.5) is 10.1 Å². The van der Waals surface area contributed by atoms with E-state index in [9.17, 15) is 4.39 Å². The van der Waals surface area contributed by atoms with Gasteiger partial charge in [0.05, 0.1) is 17.3 Å². The van der Waals surface area contributed by atoms with Gasteiger partial charge in [0.1, 0.15) is 5.82 Å². The van der Waals surface area contributed by atoms with E-state index in [0.29, 0.717) is 10.7 Å². The molecule has 1 aliphatic rings. The van der Waals surface area contributed by atoms with Crippen LogP contribution in [0.1, 0.15) is 38.2 Å². The summed E-state index contributed by atoms with van der Waals surface area (Å²) in [6.45, 7) is 9.23. The van der Waals surface area contributed by atoms with Crippen LogP contribution >= 0.6 is 11.6 Å². The number of hydrogen-bond donors (Lipinski definition) is 0. The highest BCUT2D eigenvalue weighted by Crippen LogP contribution is 2.32. The predicted molar refractivity (Wildman–Crippen MR) is 116 cm³/mol. The molecular weight excluding hydrogens is 403 g/mol. The molecule has 1 saturated heterocycles. The molecule has 1 atom stereocenters. The molecule has 6 nitrogen and oxygen atoms in total. The van der Waals surface area contributed by atoms with Gasteiger partial charge in [0.25, 0.3) is 0 Å². The Hall–Kier alpha value is -2.51. The highest BCUT2D eigenvalue weighted by Gasteiger charge is 2.33. The molecule has 3 aromatic rings. The maximum absolute atomic E-state index is 14.2. The second kappa shape index (κ2) is 8.32. The Morgan fingerprint density at radius 1 is 0.967 bits per heavy atom. The first kappa shape index (κ1) is 20.8. The Morgan fingerprint density at radius 2 is 1.63 bits per heavy atom. The normalized spacial score (nSPS) is 16.6. The van der Waals surface area contributed by atoms with Crippen LogP contribution < -0.4 is 4.90 Å². The van der Waals surface area contributed by atoms with Crippen molar-refractivity contribution in [3.63, 3.8) is 0 Å². The van der Waals surface area contributed by atoms with Crippen molar-refractivity contribution in [3.8, 4) is 0 Å². The van der Waals surface area contributed by atoms with Crippen molar-refractivity contribution < 1.29 is 4.39 Å². The van der Waals surface area contributed by atoms with Gasteiger partial charge in [-0.1, -0.05) is 35.9 Å². The molecule has 2 heterocycles. The summed E-state index contributed by atoms with van der Waals surface area (Å²) in [7, 11) is 0. The fourth-order valence-corrected chi connectivity index (χ4v) is 4.07. The number of aromatic nitrogens is 4. The third kappa shape index (κ3) is 4.18. The van der Waals surface area contributed by atoms with Crippen molar-refractivity contribution in [3.05, 3.63) is 70.8 Å². The molecule has 0 N–H and O–H groups in total. The lowest BCUT2D eigenvalue weighted by atomic mass is 10.0. The minimum absolute atomic E-state index is 0.112. The van der Waals surface area contributed by atoms with Gasteiger partial charge < -0.3 is 4.90 Å². The quantitative estimate of drug-likeness (QED) is 0.625. The third-order valence-corrected chi connectivity index (χ3v) is 5.68. The van der Waals surface area contributed by atoms with E-state index in [1.807, 2.05) is 41.1 Å². The van der Waals surface area contributed by atoms with E-state index in [1.165, 1.54) is 6.07 Å². The molecule has 1 unspecified atom stereocenters. The Kier molecular flexibility index (Phi) is 5.75. The van der Waals surface area contributed by atoms with E-state index in [4.69, 9.17) is 11.6 Å². The van der Waals surface area contributed by atoms with Crippen LogP contribution in [0.3, 0.4) is 0 Å². The predicted octanol–water partition coefficient (Wildman–Crippen LogP) is 4.13. The second-order valence-electron chi connectivity index (χ2n) is 8.55. The van der Waals surface area contributed by atoms with E-state index in [1.54, 1.807) is 6.07 Å². The van der Waals surface area contributed by atoms with Crippen LogP contribution in [0.25, 0.3) is 0 Å². The fourth-order valence-electron chi connectivity index (χ4n) is 3.94. The zero-order chi connectivity index (χ0) is 21.3. The van der Waals surface area contributed by atoms with Gasteiger partial charge in [0.2, 0.25) is 0 Å². The molecule has 0 amide bonds. The van der Waals surface area contributed by atoms with Crippen LogP contribution in [0.2, 0.25) is 5.02 Å². The SMILES string of the molecule is CC(C)(C)n1nnnc1C(c1ccc(Cl)cc1)N1CCN(c2ccccc2F)CC1. The summed E-state index contributed by atoms with van der Waals surface area (Å²) < 4.78 is 16.1. The largest absolute Gasteiger partial charge is 0.367 e. The molecule has 30 heavy (non-hydrogen) atoms. The number of rotatable bonds is 4. The average molecular weight is 429 g/mol. The number of nitrogens with zero attached hydrogens (tertiary/aromatic N) is 6. The molecule has 8 heteroatoms. The first-order valence-corrected chi connectivity index (χ1v) is 10.5. The highest BCUT2D eigenvalue weighted by molar-refractivity contribution is 6.30. The van der Waals surface area contributed by atoms with Crippen LogP contribution in [-0.4, -0.2) is 51.3 Å². The summed E-state index contributed by atoms with van der Waals surface area (Å²) in [4.78, 5) is 4.45. The van der Waals surface area contributed by atoms with Crippen LogP contribution in [0.15, 0.2) is 48.5 Å². The van der Waals surface area contributed by atoms with Crippen molar-refractivity contribution in [2.45, 2.75) is 32.4 Å². The first-order valence-electron chi connectivity index (χ1n) is 10.1. The van der Waals surface area contributed by atoms with Crippen LogP contribution in [0, 0.1) is 5.82 Å². The van der Waals surface area contributed by atoms with Crippen molar-refractivity contribution >= 4 is 17.3 Å². The molecule has 4 rings (SSSR count). The Balaban J connectivity index is 1.64. The van der Waals surface area contributed by atoms with E-state index in [2.05, 4.69) is 46.1 Å². The monoisotopic (exact) mass is 428 g/mol. The summed E-state index contributed by atoms with van der Waals surface area (Å²) in [5.74, 6) is 0.612. The van der Waals surface area contributed by atoms with E-state index in [-0.39, 0.29) is 17.4 Å². The molecule has 2 aromatic carbocycles. The lowest BCUT2D eigenvalue weighted by Gasteiger charge is -2.40. The molecular formula is C22H26ClFN6. The van der Waals surface area contributed by atoms with Gasteiger partial charge >= 0.3 is 0 Å². The van der Waals surface area contributed by atoms with Crippen molar-refractivity contribution in [1.29, 1.82) is 0 Å². The van der Waals surface area contributed by atoms with Crippen molar-refractivity contribution in [1.82, 2.24) is 25.1 Å². The van der Waals surface area contributed by atoms with E-state index in [0.717, 1.165) is 37.6 Å². The Bertz CT molecular complexity index is 989. The molecule has 1 aromatic heterocycles. The first-order chi connectivity index (χ1) is 14.3. The standard InChI is InChI=1S/C22H26ClFN6/c1-22(2,3)30-21(25-26-27-30)20(16-8-10-17(23)11-9-16)29-14-12-28(13-15-29)19-7-5-4-6-18(19)24/h4-11,20H,12-15H2,1-3H3. The maximum atomic E-state index is 14.2. The molecule has 0 radical (unpaired) electrons. The highest BCUT2D eigenvalue weighted by atomic mass is 35.5. The second-order valence-corrected chi connectivity index (χ2v) is 8.98. The van der Waals surface area contributed by atoms with Gasteiger partial charge in [-0.25, -0.2) is 9.07 Å². The Morgan fingerprint density at radius 3 is 2.27 bits per heavy atom. The maximum Gasteiger partial charge on any atom is 0.173 e. The summed E-state index contributed by atoms with van der Waals surface area (Å²) in [6.07, 6.45) is 0. The smallest absolute Gasteiger partial charge is 0.173 e. The zero-order valence-electron chi connectivity index (χ0n) is 17.5. The summed E-state index contributed by atoms with van der Waals surface area (Å²) in [5.41, 5.74) is 1.48. The molecule has 0 bridgehead atoms. The van der Waals surface area contributed by atoms with Crippen LogP contribution in [0.5, 0.6) is 0 Å². The van der Waals surface area contributed by atoms with Gasteiger partial charge in [-0.15, -0.1) is 5.10 Å². The van der Waals surface area contributed by atoms with Crippen LogP contribution in [-0.2, 0) is 5.54 Å². The third-order valence-electron chi connectivity index (χ3n) is 5.43. The number of benzene rings is 2. The van der Waals surface area contributed by atoms with Gasteiger partial charge in [-0.3, -0.25) is 4.90 Å². The number of para-hydroxylation sites is 1. The molecule has 0 aliphatic carbocycles. The lowest BCUT2D eigenvalue weighted by Crippen LogP contribution is -2.49. The van der Waals surface area contributed by atoms with Crippen molar-refractivity contribution in [2.24, 2.45) is 0 Å². The number of tetrazole rings is 1. The Labute approximate surface area is 181 Å². The summed E-state index contributed by atoms with van der Waals surface area (Å²) in [6, 6.07) is 14.7. The molecule has 0 spiro atoms. The molecule has 158 valence electrons. The minimum Gasteiger partial charge on any atom is -0.367 e. The average Bonchev–Trinajstić information content (AvgIpc) is 3.21. The molecule has 1 aliphatic heterocycles. The van der Waals surface area contributed by atoms with Gasteiger partial charge in [0, 0.05) is 31.2 Å². The fraction of sp³-hybridized carbons (Fsp3) is 0.409. The van der Waals surface area contributed by atoms with E-state index >= 15 is 0 Å².